The number of ether oxygens (including phenoxy) is 2. The molecule has 148 valence electrons. The predicted octanol–water partition coefficient (Wildman–Crippen LogP) is 4.41. The maximum Gasteiger partial charge on any atom is 0.387 e. The summed E-state index contributed by atoms with van der Waals surface area (Å²) in [7, 11) is 0. The number of nitrogens with one attached hydrogen (secondary N) is 1. The third kappa shape index (κ3) is 6.50. The van der Waals surface area contributed by atoms with Crippen LogP contribution in [0, 0.1) is 20.8 Å². The Morgan fingerprint density at radius 1 is 1.07 bits per heavy atom. The molecule has 2 aromatic rings. The molecule has 0 saturated carbocycles. The Balaban J connectivity index is 1.85. The van der Waals surface area contributed by atoms with Crippen molar-refractivity contribution >= 4 is 23.6 Å². The second-order valence-corrected chi connectivity index (χ2v) is 6.21. The largest absolute Gasteiger partial charge is 0.452 e. The maximum atomic E-state index is 12.1. The van der Waals surface area contributed by atoms with E-state index in [4.69, 9.17) is 4.74 Å². The number of anilines is 1. The minimum atomic E-state index is -2.89. The third-order valence-electron chi connectivity index (χ3n) is 3.80. The highest BCUT2D eigenvalue weighted by atomic mass is 19.3. The van der Waals surface area contributed by atoms with Gasteiger partial charge >= 0.3 is 12.6 Å². The van der Waals surface area contributed by atoms with Crippen molar-refractivity contribution in [2.75, 3.05) is 11.9 Å². The van der Waals surface area contributed by atoms with E-state index in [1.807, 2.05) is 32.9 Å². The molecule has 0 atom stereocenters. The molecule has 0 radical (unpaired) electrons. The molecule has 0 spiro atoms. The van der Waals surface area contributed by atoms with Crippen molar-refractivity contribution in [2.24, 2.45) is 0 Å². The van der Waals surface area contributed by atoms with E-state index >= 15 is 0 Å². The summed E-state index contributed by atoms with van der Waals surface area (Å²) in [6, 6.07) is 9.64. The van der Waals surface area contributed by atoms with Crippen molar-refractivity contribution in [1.82, 2.24) is 0 Å². The number of aryl methyl sites for hydroxylation is 3. The zero-order valence-electron chi connectivity index (χ0n) is 15.8. The van der Waals surface area contributed by atoms with Gasteiger partial charge in [-0.15, -0.1) is 0 Å². The summed E-state index contributed by atoms with van der Waals surface area (Å²) in [6.07, 6.45) is 2.60. The first-order valence-electron chi connectivity index (χ1n) is 8.52. The van der Waals surface area contributed by atoms with Gasteiger partial charge in [-0.2, -0.15) is 8.78 Å². The SMILES string of the molecule is Cc1cc(C)c(NC(=O)COC(=O)C=Cc2ccc(OC(F)F)cc2)c(C)c1. The van der Waals surface area contributed by atoms with Crippen molar-refractivity contribution in [1.29, 1.82) is 0 Å². The van der Waals surface area contributed by atoms with Crippen LogP contribution < -0.4 is 10.1 Å². The monoisotopic (exact) mass is 389 g/mol. The number of rotatable bonds is 7. The molecule has 0 heterocycles. The van der Waals surface area contributed by atoms with E-state index in [1.165, 1.54) is 30.3 Å². The van der Waals surface area contributed by atoms with Gasteiger partial charge in [-0.1, -0.05) is 29.8 Å². The summed E-state index contributed by atoms with van der Waals surface area (Å²) in [5.41, 5.74) is 4.24. The first kappa shape index (κ1) is 21.1. The Bertz CT molecular complexity index is 853. The number of carbonyl (C=O) groups is 2. The summed E-state index contributed by atoms with van der Waals surface area (Å²) < 4.78 is 33.3. The number of benzene rings is 2. The van der Waals surface area contributed by atoms with Gasteiger partial charge in [-0.25, -0.2) is 4.79 Å². The summed E-state index contributed by atoms with van der Waals surface area (Å²) in [5.74, 6) is -1.11. The van der Waals surface area contributed by atoms with Crippen LogP contribution in [0.25, 0.3) is 6.08 Å². The summed E-state index contributed by atoms with van der Waals surface area (Å²) in [5, 5.41) is 2.74. The van der Waals surface area contributed by atoms with Crippen LogP contribution in [0.5, 0.6) is 5.75 Å². The van der Waals surface area contributed by atoms with Crippen LogP contribution in [-0.2, 0) is 14.3 Å². The molecule has 28 heavy (non-hydrogen) atoms. The van der Waals surface area contributed by atoms with E-state index in [2.05, 4.69) is 10.1 Å². The van der Waals surface area contributed by atoms with E-state index in [1.54, 1.807) is 0 Å². The lowest BCUT2D eigenvalue weighted by molar-refractivity contribution is -0.142. The Morgan fingerprint density at radius 2 is 1.68 bits per heavy atom. The quantitative estimate of drug-likeness (QED) is 0.563. The molecule has 5 nitrogen and oxygen atoms in total. The van der Waals surface area contributed by atoms with E-state index in [9.17, 15) is 18.4 Å². The normalized spacial score (nSPS) is 10.9. The topological polar surface area (TPSA) is 64.6 Å². The minimum absolute atomic E-state index is 0.0214. The van der Waals surface area contributed by atoms with Crippen molar-refractivity contribution in [3.63, 3.8) is 0 Å². The van der Waals surface area contributed by atoms with Gasteiger partial charge in [-0.3, -0.25) is 4.79 Å². The van der Waals surface area contributed by atoms with Crippen LogP contribution in [0.1, 0.15) is 22.3 Å². The molecule has 2 rings (SSSR count). The number of esters is 1. The molecule has 0 saturated heterocycles. The van der Waals surface area contributed by atoms with Crippen molar-refractivity contribution in [2.45, 2.75) is 27.4 Å². The van der Waals surface area contributed by atoms with Gasteiger partial charge in [0, 0.05) is 11.8 Å². The van der Waals surface area contributed by atoms with E-state index in [0.29, 0.717) is 11.3 Å². The fourth-order valence-corrected chi connectivity index (χ4v) is 2.66. The molecular weight excluding hydrogens is 368 g/mol. The highest BCUT2D eigenvalue weighted by molar-refractivity contribution is 5.95. The van der Waals surface area contributed by atoms with Gasteiger partial charge in [0.15, 0.2) is 6.61 Å². The summed E-state index contributed by atoms with van der Waals surface area (Å²) in [4.78, 5) is 23.8. The Labute approximate surface area is 162 Å². The van der Waals surface area contributed by atoms with Crippen LogP contribution in [0.3, 0.4) is 0 Å². The third-order valence-corrected chi connectivity index (χ3v) is 3.80. The van der Waals surface area contributed by atoms with Gasteiger partial charge in [0.25, 0.3) is 5.91 Å². The molecule has 0 aromatic heterocycles. The van der Waals surface area contributed by atoms with E-state index in [-0.39, 0.29) is 5.75 Å². The lowest BCUT2D eigenvalue weighted by Crippen LogP contribution is -2.21. The van der Waals surface area contributed by atoms with Gasteiger partial charge in [0.05, 0.1) is 0 Å². The average Bonchev–Trinajstić information content (AvgIpc) is 2.62. The molecule has 0 bridgehead atoms. The molecule has 0 fully saturated rings. The van der Waals surface area contributed by atoms with Crippen LogP contribution in [0.2, 0.25) is 0 Å². The Hall–Kier alpha value is -3.22. The van der Waals surface area contributed by atoms with Crippen LogP contribution in [0.15, 0.2) is 42.5 Å². The lowest BCUT2D eigenvalue weighted by atomic mass is 10.1. The van der Waals surface area contributed by atoms with Crippen LogP contribution >= 0.6 is 0 Å². The average molecular weight is 389 g/mol. The number of halogens is 2. The number of alkyl halides is 2. The van der Waals surface area contributed by atoms with Gasteiger partial charge in [-0.05, 0) is 55.7 Å². The first-order chi connectivity index (χ1) is 13.2. The highest BCUT2D eigenvalue weighted by Gasteiger charge is 2.10. The van der Waals surface area contributed by atoms with Crippen LogP contribution in [-0.4, -0.2) is 25.1 Å². The number of hydrogen-bond acceptors (Lipinski definition) is 4. The van der Waals surface area contributed by atoms with Gasteiger partial charge in [0.2, 0.25) is 0 Å². The van der Waals surface area contributed by atoms with Crippen molar-refractivity contribution in [3.8, 4) is 5.75 Å². The molecule has 0 aliphatic rings. The standard InChI is InChI=1S/C21H21F2NO4/c1-13-10-14(2)20(15(3)11-13)24-18(25)12-27-19(26)9-6-16-4-7-17(8-5-16)28-21(22)23/h4-11,21H,12H2,1-3H3,(H,24,25). The van der Waals surface area contributed by atoms with E-state index < -0.39 is 25.1 Å². The molecular formula is C21H21F2NO4. The zero-order chi connectivity index (χ0) is 20.7. The summed E-state index contributed by atoms with van der Waals surface area (Å²) in [6.45, 7) is 2.44. The zero-order valence-corrected chi connectivity index (χ0v) is 15.8. The smallest absolute Gasteiger partial charge is 0.387 e. The Morgan fingerprint density at radius 3 is 2.25 bits per heavy atom. The summed E-state index contributed by atoms with van der Waals surface area (Å²) >= 11 is 0. The number of amides is 1. The molecule has 2 aromatic carbocycles. The molecule has 7 heteroatoms. The Kier molecular flexibility index (Phi) is 7.26. The molecule has 0 unspecified atom stereocenters. The van der Waals surface area contributed by atoms with Gasteiger partial charge in [0.1, 0.15) is 5.75 Å². The molecule has 0 aliphatic carbocycles. The molecule has 1 N–H and O–H groups in total. The van der Waals surface area contributed by atoms with E-state index in [0.717, 1.165) is 22.8 Å². The fraction of sp³-hybridized carbons (Fsp3) is 0.238. The first-order valence-corrected chi connectivity index (χ1v) is 8.52. The molecule has 0 aliphatic heterocycles. The van der Waals surface area contributed by atoms with Crippen molar-refractivity contribution in [3.05, 3.63) is 64.7 Å². The minimum Gasteiger partial charge on any atom is -0.452 e. The number of carbonyl (C=O) groups excluding carboxylic acids is 2. The second kappa shape index (κ2) is 9.64. The number of hydrogen-bond donors (Lipinski definition) is 1. The predicted molar refractivity (Wildman–Crippen MR) is 102 cm³/mol. The fourth-order valence-electron chi connectivity index (χ4n) is 2.66. The second-order valence-electron chi connectivity index (χ2n) is 6.21. The van der Waals surface area contributed by atoms with Crippen molar-refractivity contribution < 1.29 is 27.8 Å². The highest BCUT2D eigenvalue weighted by Crippen LogP contribution is 2.21. The lowest BCUT2D eigenvalue weighted by Gasteiger charge is -2.12. The molecule has 1 amide bonds. The van der Waals surface area contributed by atoms with Gasteiger partial charge < -0.3 is 14.8 Å². The van der Waals surface area contributed by atoms with Crippen LogP contribution in [0.4, 0.5) is 14.5 Å². The maximum absolute atomic E-state index is 12.1.